The third kappa shape index (κ3) is 2.41. The first kappa shape index (κ1) is 11.1. The van der Waals surface area contributed by atoms with Crippen LogP contribution in [0.1, 0.15) is 17.5 Å². The van der Waals surface area contributed by atoms with Crippen LogP contribution >= 0.6 is 0 Å². The minimum absolute atomic E-state index is 0.274. The highest BCUT2D eigenvalue weighted by molar-refractivity contribution is 5.37. The van der Waals surface area contributed by atoms with Crippen molar-refractivity contribution in [2.75, 3.05) is 19.7 Å². The lowest BCUT2D eigenvalue weighted by Gasteiger charge is -2.16. The molecule has 16 heavy (non-hydrogen) atoms. The van der Waals surface area contributed by atoms with Gasteiger partial charge in [0.05, 0.1) is 11.6 Å². The molecule has 2 rings (SSSR count). The fraction of sp³-hybridized carbons (Fsp3) is 0.462. The van der Waals surface area contributed by atoms with Crippen LogP contribution in [0.5, 0.6) is 0 Å². The molecule has 1 heterocycles. The predicted molar refractivity (Wildman–Crippen MR) is 61.6 cm³/mol. The van der Waals surface area contributed by atoms with E-state index in [1.54, 1.807) is 0 Å². The normalized spacial score (nSPS) is 20.9. The molecule has 0 spiro atoms. The number of hydrogen-bond acceptors (Lipinski definition) is 3. The van der Waals surface area contributed by atoms with Crippen molar-refractivity contribution >= 4 is 0 Å². The van der Waals surface area contributed by atoms with Crippen LogP contribution in [0.15, 0.2) is 24.3 Å². The number of likely N-dealkylation sites (tertiary alicyclic amines) is 1. The van der Waals surface area contributed by atoms with Crippen molar-refractivity contribution in [1.82, 2.24) is 4.90 Å². The van der Waals surface area contributed by atoms with Crippen LogP contribution < -0.4 is 0 Å². The summed E-state index contributed by atoms with van der Waals surface area (Å²) in [4.78, 5) is 2.30. The van der Waals surface area contributed by atoms with Crippen LogP contribution in [-0.2, 0) is 6.54 Å². The Hall–Kier alpha value is -1.37. The van der Waals surface area contributed by atoms with Gasteiger partial charge in [0, 0.05) is 19.7 Å². The van der Waals surface area contributed by atoms with Crippen molar-refractivity contribution in [2.24, 2.45) is 5.92 Å². The topological polar surface area (TPSA) is 47.3 Å². The molecular formula is C13H16N2O. The number of hydrogen-bond donors (Lipinski definition) is 1. The van der Waals surface area contributed by atoms with Crippen LogP contribution in [-0.4, -0.2) is 29.7 Å². The molecule has 0 radical (unpaired) electrons. The average Bonchev–Trinajstić information content (AvgIpc) is 2.77. The van der Waals surface area contributed by atoms with Crippen molar-refractivity contribution in [3.8, 4) is 6.07 Å². The summed E-state index contributed by atoms with van der Waals surface area (Å²) < 4.78 is 0. The first-order chi connectivity index (χ1) is 7.83. The van der Waals surface area contributed by atoms with E-state index in [2.05, 4.69) is 11.0 Å². The van der Waals surface area contributed by atoms with Gasteiger partial charge in [-0.3, -0.25) is 4.90 Å². The zero-order valence-electron chi connectivity index (χ0n) is 9.26. The fourth-order valence-electron chi connectivity index (χ4n) is 2.21. The first-order valence-corrected chi connectivity index (χ1v) is 5.64. The van der Waals surface area contributed by atoms with E-state index in [1.807, 2.05) is 24.3 Å². The van der Waals surface area contributed by atoms with E-state index in [0.717, 1.165) is 37.2 Å². The number of aliphatic hydroxyl groups is 1. The quantitative estimate of drug-likeness (QED) is 0.830. The van der Waals surface area contributed by atoms with E-state index < -0.39 is 0 Å². The Morgan fingerprint density at radius 3 is 2.94 bits per heavy atom. The van der Waals surface area contributed by atoms with Crippen LogP contribution in [0.2, 0.25) is 0 Å². The molecule has 0 unspecified atom stereocenters. The molecule has 0 aromatic heterocycles. The van der Waals surface area contributed by atoms with Crippen molar-refractivity contribution in [3.63, 3.8) is 0 Å². The molecule has 1 saturated heterocycles. The van der Waals surface area contributed by atoms with Gasteiger partial charge in [0.1, 0.15) is 0 Å². The van der Waals surface area contributed by atoms with Gasteiger partial charge in [-0.25, -0.2) is 0 Å². The van der Waals surface area contributed by atoms with E-state index in [9.17, 15) is 0 Å². The summed E-state index contributed by atoms with van der Waals surface area (Å²) in [5.74, 6) is 0.411. The average molecular weight is 216 g/mol. The number of aliphatic hydroxyl groups excluding tert-OH is 1. The lowest BCUT2D eigenvalue weighted by molar-refractivity contribution is 0.220. The second kappa shape index (κ2) is 5.11. The molecule has 0 saturated carbocycles. The molecule has 1 fully saturated rings. The zero-order valence-corrected chi connectivity index (χ0v) is 9.26. The summed E-state index contributed by atoms with van der Waals surface area (Å²) >= 11 is 0. The van der Waals surface area contributed by atoms with Gasteiger partial charge in [0.25, 0.3) is 0 Å². The first-order valence-electron chi connectivity index (χ1n) is 5.64. The van der Waals surface area contributed by atoms with Crippen molar-refractivity contribution < 1.29 is 5.11 Å². The number of rotatable bonds is 3. The summed E-state index contributed by atoms with van der Waals surface area (Å²) in [6.45, 7) is 3.05. The summed E-state index contributed by atoms with van der Waals surface area (Å²) in [5.41, 5.74) is 1.85. The molecule has 1 aromatic rings. The van der Waals surface area contributed by atoms with Gasteiger partial charge in [-0.05, 0) is 30.5 Å². The van der Waals surface area contributed by atoms with Gasteiger partial charge in [-0.15, -0.1) is 0 Å². The van der Waals surface area contributed by atoms with Gasteiger partial charge in [-0.2, -0.15) is 5.26 Å². The van der Waals surface area contributed by atoms with Gasteiger partial charge in [0.15, 0.2) is 0 Å². The predicted octanol–water partition coefficient (Wildman–Crippen LogP) is 1.37. The van der Waals surface area contributed by atoms with Gasteiger partial charge in [-0.1, -0.05) is 18.2 Å². The number of nitriles is 1. The molecule has 1 aliphatic rings. The summed E-state index contributed by atoms with van der Waals surface area (Å²) in [6.07, 6.45) is 1.06. The lowest BCUT2D eigenvalue weighted by atomic mass is 10.1. The molecule has 1 atom stereocenters. The third-order valence-corrected chi connectivity index (χ3v) is 3.16. The van der Waals surface area contributed by atoms with Crippen molar-refractivity contribution in [2.45, 2.75) is 13.0 Å². The van der Waals surface area contributed by atoms with E-state index >= 15 is 0 Å². The van der Waals surface area contributed by atoms with E-state index in [-0.39, 0.29) is 6.61 Å². The Bertz CT molecular complexity index is 397. The Morgan fingerprint density at radius 2 is 2.25 bits per heavy atom. The second-order valence-corrected chi connectivity index (χ2v) is 4.34. The maximum Gasteiger partial charge on any atom is 0.0995 e. The van der Waals surface area contributed by atoms with Gasteiger partial charge >= 0.3 is 0 Å². The van der Waals surface area contributed by atoms with Crippen LogP contribution in [0.3, 0.4) is 0 Å². The Labute approximate surface area is 95.9 Å². The fourth-order valence-corrected chi connectivity index (χ4v) is 2.21. The van der Waals surface area contributed by atoms with E-state index in [4.69, 9.17) is 10.4 Å². The second-order valence-electron chi connectivity index (χ2n) is 4.34. The Balaban J connectivity index is 2.02. The van der Waals surface area contributed by atoms with Gasteiger partial charge in [0.2, 0.25) is 0 Å². The molecular weight excluding hydrogens is 200 g/mol. The van der Waals surface area contributed by atoms with E-state index in [0.29, 0.717) is 5.92 Å². The SMILES string of the molecule is N#Cc1ccccc1CN1CC[C@H](CO)C1. The zero-order chi connectivity index (χ0) is 11.4. The Morgan fingerprint density at radius 1 is 1.44 bits per heavy atom. The van der Waals surface area contributed by atoms with E-state index in [1.165, 1.54) is 0 Å². The van der Waals surface area contributed by atoms with Crippen LogP contribution in [0, 0.1) is 17.2 Å². The largest absolute Gasteiger partial charge is 0.396 e. The standard InChI is InChI=1S/C13H16N2O/c14-7-12-3-1-2-4-13(12)9-15-6-5-11(8-15)10-16/h1-4,11,16H,5-6,8-10H2/t11-/m0/s1. The monoisotopic (exact) mass is 216 g/mol. The molecule has 3 heteroatoms. The molecule has 0 aliphatic carbocycles. The molecule has 1 aromatic carbocycles. The maximum atomic E-state index is 9.07. The molecule has 0 bridgehead atoms. The minimum atomic E-state index is 0.274. The maximum absolute atomic E-state index is 9.07. The molecule has 3 nitrogen and oxygen atoms in total. The number of nitrogens with zero attached hydrogens (tertiary/aromatic N) is 2. The smallest absolute Gasteiger partial charge is 0.0995 e. The summed E-state index contributed by atoms with van der Waals surface area (Å²) in [7, 11) is 0. The van der Waals surface area contributed by atoms with Crippen LogP contribution in [0.4, 0.5) is 0 Å². The molecule has 84 valence electrons. The van der Waals surface area contributed by atoms with Gasteiger partial charge < -0.3 is 5.11 Å². The minimum Gasteiger partial charge on any atom is -0.396 e. The lowest BCUT2D eigenvalue weighted by Crippen LogP contribution is -2.21. The summed E-state index contributed by atoms with van der Waals surface area (Å²) in [6, 6.07) is 9.94. The van der Waals surface area contributed by atoms with Crippen molar-refractivity contribution in [3.05, 3.63) is 35.4 Å². The highest BCUT2D eigenvalue weighted by atomic mass is 16.3. The van der Waals surface area contributed by atoms with Crippen LogP contribution in [0.25, 0.3) is 0 Å². The number of benzene rings is 1. The summed E-state index contributed by atoms with van der Waals surface area (Å²) in [5, 5.41) is 18.1. The molecule has 1 aliphatic heterocycles. The molecule has 1 N–H and O–H groups in total. The highest BCUT2D eigenvalue weighted by Gasteiger charge is 2.21. The Kier molecular flexibility index (Phi) is 3.55. The van der Waals surface area contributed by atoms with Crippen molar-refractivity contribution in [1.29, 1.82) is 5.26 Å². The molecule has 0 amide bonds. The highest BCUT2D eigenvalue weighted by Crippen LogP contribution is 2.19. The third-order valence-electron chi connectivity index (χ3n) is 3.16.